The Hall–Kier alpha value is -2.48. The molecular weight excluding hydrogens is 256 g/mol. The lowest BCUT2D eigenvalue weighted by Crippen LogP contribution is -2.16. The number of hydrogen-bond donors (Lipinski definition) is 3. The zero-order chi connectivity index (χ0) is 14.0. The largest absolute Gasteiger partial charge is 0.319 e. The zero-order valence-electron chi connectivity index (χ0n) is 9.95. The predicted molar refractivity (Wildman–Crippen MR) is 65.3 cm³/mol. The lowest BCUT2D eigenvalue weighted by molar-refractivity contribution is 0.102. The van der Waals surface area contributed by atoms with Crippen LogP contribution in [0.5, 0.6) is 0 Å². The fourth-order valence-electron chi connectivity index (χ4n) is 1.51. The molecular formula is C11H11F2N5O. The number of carbonyl (C=O) groups excluding carboxylic acids is 1. The fraction of sp³-hybridized carbons (Fsp3) is 0.0909. The average molecular weight is 267 g/mol. The van der Waals surface area contributed by atoms with Crippen molar-refractivity contribution in [2.75, 3.05) is 10.7 Å². The summed E-state index contributed by atoms with van der Waals surface area (Å²) in [4.78, 5) is 11.8. The normalized spacial score (nSPS) is 10.3. The number of hydrogen-bond acceptors (Lipinski definition) is 4. The molecule has 8 heteroatoms. The average Bonchev–Trinajstić information content (AvgIpc) is 2.74. The van der Waals surface area contributed by atoms with Crippen LogP contribution in [0, 0.1) is 11.6 Å². The second-order valence-electron chi connectivity index (χ2n) is 3.79. The quantitative estimate of drug-likeness (QED) is 0.577. The lowest BCUT2D eigenvalue weighted by Gasteiger charge is -2.07. The fourth-order valence-corrected chi connectivity index (χ4v) is 1.51. The maximum atomic E-state index is 13.4. The maximum absolute atomic E-state index is 13.4. The van der Waals surface area contributed by atoms with Gasteiger partial charge in [0, 0.05) is 24.9 Å². The van der Waals surface area contributed by atoms with Crippen LogP contribution >= 0.6 is 0 Å². The van der Waals surface area contributed by atoms with Crippen molar-refractivity contribution in [3.05, 3.63) is 41.6 Å². The van der Waals surface area contributed by atoms with Crippen molar-refractivity contribution in [3.63, 3.8) is 0 Å². The molecule has 0 fully saturated rings. The topological polar surface area (TPSA) is 85.0 Å². The van der Waals surface area contributed by atoms with E-state index in [-0.39, 0.29) is 11.4 Å². The minimum atomic E-state index is -0.950. The van der Waals surface area contributed by atoms with E-state index in [4.69, 9.17) is 5.84 Å². The maximum Gasteiger partial charge on any atom is 0.257 e. The molecule has 100 valence electrons. The summed E-state index contributed by atoms with van der Waals surface area (Å²) in [5.41, 5.74) is 1.23. The first-order valence-corrected chi connectivity index (χ1v) is 5.28. The summed E-state index contributed by atoms with van der Waals surface area (Å²) in [5, 5.41) is 6.33. The first kappa shape index (κ1) is 13.0. The Morgan fingerprint density at radius 2 is 2.00 bits per heavy atom. The number of anilines is 2. The van der Waals surface area contributed by atoms with Crippen molar-refractivity contribution in [1.29, 1.82) is 0 Å². The van der Waals surface area contributed by atoms with E-state index in [1.54, 1.807) is 19.3 Å². The second kappa shape index (κ2) is 5.02. The molecule has 1 heterocycles. The lowest BCUT2D eigenvalue weighted by atomic mass is 10.1. The van der Waals surface area contributed by atoms with E-state index in [0.717, 1.165) is 12.1 Å². The number of nitrogens with zero attached hydrogens (tertiary/aromatic N) is 2. The Morgan fingerprint density at radius 1 is 1.37 bits per heavy atom. The summed E-state index contributed by atoms with van der Waals surface area (Å²) in [5.74, 6) is 2.68. The highest BCUT2D eigenvalue weighted by molar-refractivity contribution is 6.04. The van der Waals surface area contributed by atoms with Crippen LogP contribution in [0.25, 0.3) is 0 Å². The summed E-state index contributed by atoms with van der Waals surface area (Å²) < 4.78 is 28.3. The minimum Gasteiger partial charge on any atom is -0.319 e. The summed E-state index contributed by atoms with van der Waals surface area (Å²) in [6.45, 7) is 0. The van der Waals surface area contributed by atoms with Gasteiger partial charge in [-0.1, -0.05) is 0 Å². The molecule has 0 unspecified atom stereocenters. The number of nitrogens with one attached hydrogen (secondary N) is 2. The van der Waals surface area contributed by atoms with E-state index >= 15 is 0 Å². The summed E-state index contributed by atoms with van der Waals surface area (Å²) in [6, 6.07) is 3.33. The highest BCUT2D eigenvalue weighted by atomic mass is 19.1. The Morgan fingerprint density at radius 3 is 2.47 bits per heavy atom. The third kappa shape index (κ3) is 2.68. The van der Waals surface area contributed by atoms with Crippen LogP contribution in [-0.2, 0) is 7.05 Å². The molecule has 0 saturated heterocycles. The molecule has 1 amide bonds. The highest BCUT2D eigenvalue weighted by Gasteiger charge is 2.15. The van der Waals surface area contributed by atoms with E-state index in [1.807, 2.05) is 5.43 Å². The number of halogens is 2. The van der Waals surface area contributed by atoms with Gasteiger partial charge in [0.2, 0.25) is 0 Å². The first-order chi connectivity index (χ1) is 9.01. The van der Waals surface area contributed by atoms with E-state index in [2.05, 4.69) is 10.4 Å². The van der Waals surface area contributed by atoms with Gasteiger partial charge in [0.25, 0.3) is 5.91 Å². The number of hydrazine groups is 1. The molecule has 0 aliphatic heterocycles. The van der Waals surface area contributed by atoms with Crippen LogP contribution in [0.15, 0.2) is 24.4 Å². The van der Waals surface area contributed by atoms with Gasteiger partial charge >= 0.3 is 0 Å². The number of nitrogen functional groups attached to an aromatic ring is 1. The smallest absolute Gasteiger partial charge is 0.257 e. The SMILES string of the molecule is Cn1ccc(NC(=O)c2cc(F)c(NN)c(F)c2)n1. The Kier molecular flexibility index (Phi) is 3.43. The molecule has 0 bridgehead atoms. The van der Waals surface area contributed by atoms with Gasteiger partial charge in [-0.2, -0.15) is 5.10 Å². The number of amides is 1. The van der Waals surface area contributed by atoms with Crippen LogP contribution in [0.2, 0.25) is 0 Å². The number of carbonyl (C=O) groups is 1. The molecule has 2 rings (SSSR count). The molecule has 0 aliphatic carbocycles. The summed E-state index contributed by atoms with van der Waals surface area (Å²) in [6.07, 6.45) is 1.62. The molecule has 0 spiro atoms. The number of aromatic nitrogens is 2. The van der Waals surface area contributed by atoms with Gasteiger partial charge in [0.05, 0.1) is 0 Å². The van der Waals surface area contributed by atoms with E-state index in [0.29, 0.717) is 0 Å². The number of benzene rings is 1. The zero-order valence-corrected chi connectivity index (χ0v) is 9.95. The van der Waals surface area contributed by atoms with Crippen LogP contribution < -0.4 is 16.6 Å². The van der Waals surface area contributed by atoms with Gasteiger partial charge in [-0.25, -0.2) is 8.78 Å². The molecule has 6 nitrogen and oxygen atoms in total. The number of nitrogens with two attached hydrogens (primary N) is 1. The van der Waals surface area contributed by atoms with Gasteiger partial charge in [-0.05, 0) is 12.1 Å². The molecule has 0 saturated carbocycles. The van der Waals surface area contributed by atoms with E-state index in [9.17, 15) is 13.6 Å². The Labute approximate surface area is 107 Å². The minimum absolute atomic E-state index is 0.167. The van der Waals surface area contributed by atoms with Crippen molar-refractivity contribution < 1.29 is 13.6 Å². The van der Waals surface area contributed by atoms with Gasteiger partial charge in [-0.3, -0.25) is 15.3 Å². The molecule has 2 aromatic rings. The van der Waals surface area contributed by atoms with Gasteiger partial charge in [0.1, 0.15) is 5.69 Å². The molecule has 19 heavy (non-hydrogen) atoms. The predicted octanol–water partition coefficient (Wildman–Crippen LogP) is 1.24. The third-order valence-electron chi connectivity index (χ3n) is 2.40. The highest BCUT2D eigenvalue weighted by Crippen LogP contribution is 2.20. The molecule has 0 radical (unpaired) electrons. The Balaban J connectivity index is 2.24. The van der Waals surface area contributed by atoms with Gasteiger partial charge in [0.15, 0.2) is 17.5 Å². The first-order valence-electron chi connectivity index (χ1n) is 5.28. The van der Waals surface area contributed by atoms with Crippen molar-refractivity contribution in [2.24, 2.45) is 12.9 Å². The van der Waals surface area contributed by atoms with Crippen molar-refractivity contribution in [2.45, 2.75) is 0 Å². The van der Waals surface area contributed by atoms with Crippen molar-refractivity contribution >= 4 is 17.4 Å². The molecule has 1 aromatic carbocycles. The van der Waals surface area contributed by atoms with Crippen LogP contribution in [0.4, 0.5) is 20.3 Å². The molecule has 0 aliphatic rings. The van der Waals surface area contributed by atoms with Gasteiger partial charge < -0.3 is 10.7 Å². The molecule has 4 N–H and O–H groups in total. The van der Waals surface area contributed by atoms with Crippen LogP contribution in [0.3, 0.4) is 0 Å². The van der Waals surface area contributed by atoms with Crippen molar-refractivity contribution in [3.8, 4) is 0 Å². The molecule has 1 aromatic heterocycles. The molecule has 0 atom stereocenters. The van der Waals surface area contributed by atoms with Crippen LogP contribution in [-0.4, -0.2) is 15.7 Å². The van der Waals surface area contributed by atoms with E-state index < -0.39 is 23.2 Å². The number of rotatable bonds is 3. The summed E-state index contributed by atoms with van der Waals surface area (Å²) in [7, 11) is 1.68. The standard InChI is InChI=1S/C11H11F2N5O/c1-18-3-2-9(17-18)15-11(19)6-4-7(12)10(16-14)8(13)5-6/h2-5,16H,14H2,1H3,(H,15,17,19). The second-order valence-corrected chi connectivity index (χ2v) is 3.79. The third-order valence-corrected chi connectivity index (χ3v) is 2.40. The summed E-state index contributed by atoms with van der Waals surface area (Å²) >= 11 is 0. The van der Waals surface area contributed by atoms with Gasteiger partial charge in [-0.15, -0.1) is 0 Å². The Bertz CT molecular complexity index is 602. The van der Waals surface area contributed by atoms with Crippen molar-refractivity contribution in [1.82, 2.24) is 9.78 Å². The number of aryl methyl sites for hydroxylation is 1. The monoisotopic (exact) mass is 267 g/mol. The van der Waals surface area contributed by atoms with E-state index in [1.165, 1.54) is 4.68 Å². The van der Waals surface area contributed by atoms with Crippen LogP contribution in [0.1, 0.15) is 10.4 Å².